The van der Waals surface area contributed by atoms with Gasteiger partial charge in [-0.2, -0.15) is 0 Å². The van der Waals surface area contributed by atoms with E-state index in [1.807, 2.05) is 31.2 Å². The number of anilines is 1. The van der Waals surface area contributed by atoms with Crippen molar-refractivity contribution in [3.8, 4) is 0 Å². The van der Waals surface area contributed by atoms with E-state index in [1.54, 1.807) is 6.07 Å². The Balaban J connectivity index is 2.19. The average Bonchev–Trinajstić information content (AvgIpc) is 2.53. The molecule has 6 heteroatoms. The molecule has 2 rings (SSSR count). The number of aryl methyl sites for hydroxylation is 1. The molecule has 2 aromatic carbocycles. The zero-order valence-corrected chi connectivity index (χ0v) is 12.3. The first-order valence-corrected chi connectivity index (χ1v) is 6.67. The van der Waals surface area contributed by atoms with Crippen molar-refractivity contribution in [3.63, 3.8) is 0 Å². The summed E-state index contributed by atoms with van der Waals surface area (Å²) in [5, 5.41) is 14.1. The van der Waals surface area contributed by atoms with Gasteiger partial charge in [0, 0.05) is 18.3 Å². The minimum absolute atomic E-state index is 0.0681. The van der Waals surface area contributed by atoms with Crippen molar-refractivity contribution in [2.24, 2.45) is 0 Å². The third kappa shape index (κ3) is 3.60. The first kappa shape index (κ1) is 15.5. The Morgan fingerprint density at radius 1 is 1.23 bits per heavy atom. The van der Waals surface area contributed by atoms with Gasteiger partial charge in [0.25, 0.3) is 5.69 Å². The Bertz CT molecular complexity index is 696. The van der Waals surface area contributed by atoms with Crippen LogP contribution >= 0.6 is 0 Å². The summed E-state index contributed by atoms with van der Waals surface area (Å²) in [6, 6.07) is 12.3. The molecule has 0 radical (unpaired) electrons. The smallest absolute Gasteiger partial charge is 0.344 e. The molecule has 0 aliphatic carbocycles. The van der Waals surface area contributed by atoms with Crippen LogP contribution in [0.3, 0.4) is 0 Å². The van der Waals surface area contributed by atoms with E-state index in [9.17, 15) is 14.9 Å². The Morgan fingerprint density at radius 2 is 1.91 bits per heavy atom. The second kappa shape index (κ2) is 6.71. The lowest BCUT2D eigenvalue weighted by Gasteiger charge is -2.09. The molecule has 1 N–H and O–H groups in total. The first-order valence-electron chi connectivity index (χ1n) is 6.67. The molecular formula is C16H16N2O4. The number of benzene rings is 2. The molecule has 0 atom stereocenters. The number of carbonyl (C=O) groups excluding carboxylic acids is 1. The fourth-order valence-corrected chi connectivity index (χ4v) is 1.99. The summed E-state index contributed by atoms with van der Waals surface area (Å²) in [5.74, 6) is -0.731. The maximum absolute atomic E-state index is 11.6. The Hall–Kier alpha value is -2.89. The van der Waals surface area contributed by atoms with E-state index < -0.39 is 10.9 Å². The first-order chi connectivity index (χ1) is 10.5. The highest BCUT2D eigenvalue weighted by Gasteiger charge is 2.21. The van der Waals surface area contributed by atoms with E-state index in [1.165, 1.54) is 24.8 Å². The number of nitro groups is 1. The third-order valence-electron chi connectivity index (χ3n) is 3.22. The standard InChI is InChI=1S/C16H16N2O4/c1-11-3-5-12(6-4-11)10-17-13-7-8-15(18(20)21)14(9-13)16(19)22-2/h3-9,17H,10H2,1-2H3. The zero-order valence-electron chi connectivity index (χ0n) is 12.3. The van der Waals surface area contributed by atoms with Crippen LogP contribution in [0.25, 0.3) is 0 Å². The number of carbonyl (C=O) groups is 1. The molecule has 0 aromatic heterocycles. The van der Waals surface area contributed by atoms with Gasteiger partial charge in [-0.15, -0.1) is 0 Å². The maximum Gasteiger partial charge on any atom is 0.344 e. The molecule has 2 aromatic rings. The predicted octanol–water partition coefficient (Wildman–Crippen LogP) is 3.30. The van der Waals surface area contributed by atoms with Crippen LogP contribution in [0, 0.1) is 17.0 Å². The number of hydrogen-bond donors (Lipinski definition) is 1. The van der Waals surface area contributed by atoms with Gasteiger partial charge in [-0.25, -0.2) is 4.79 Å². The second-order valence-corrected chi connectivity index (χ2v) is 4.82. The quantitative estimate of drug-likeness (QED) is 0.520. The number of esters is 1. The summed E-state index contributed by atoms with van der Waals surface area (Å²) in [6.07, 6.45) is 0. The molecule has 0 fully saturated rings. The van der Waals surface area contributed by atoms with Gasteiger partial charge in [-0.05, 0) is 24.6 Å². The van der Waals surface area contributed by atoms with E-state index >= 15 is 0 Å². The number of hydrogen-bond acceptors (Lipinski definition) is 5. The molecular weight excluding hydrogens is 284 g/mol. The molecule has 0 saturated heterocycles. The zero-order chi connectivity index (χ0) is 16.1. The number of nitrogens with one attached hydrogen (secondary N) is 1. The van der Waals surface area contributed by atoms with Crippen LogP contribution < -0.4 is 5.32 Å². The average molecular weight is 300 g/mol. The highest BCUT2D eigenvalue weighted by Crippen LogP contribution is 2.23. The summed E-state index contributed by atoms with van der Waals surface area (Å²) in [4.78, 5) is 22.0. The molecule has 0 spiro atoms. The van der Waals surface area contributed by atoms with Crippen molar-refractivity contribution in [2.45, 2.75) is 13.5 Å². The van der Waals surface area contributed by atoms with E-state index in [4.69, 9.17) is 0 Å². The number of methoxy groups -OCH3 is 1. The van der Waals surface area contributed by atoms with Crippen LogP contribution in [-0.2, 0) is 11.3 Å². The molecule has 0 bridgehead atoms. The summed E-state index contributed by atoms with van der Waals surface area (Å²) >= 11 is 0. The lowest BCUT2D eigenvalue weighted by atomic mass is 10.1. The number of nitro benzene ring substituents is 1. The molecule has 0 aliphatic heterocycles. The van der Waals surface area contributed by atoms with Crippen LogP contribution in [0.5, 0.6) is 0 Å². The van der Waals surface area contributed by atoms with Crippen molar-refractivity contribution in [1.29, 1.82) is 0 Å². The molecule has 0 heterocycles. The highest BCUT2D eigenvalue weighted by molar-refractivity contribution is 5.95. The lowest BCUT2D eigenvalue weighted by molar-refractivity contribution is -0.385. The molecule has 0 unspecified atom stereocenters. The molecule has 0 aliphatic rings. The summed E-state index contributed by atoms with van der Waals surface area (Å²) in [5.41, 5.74) is 2.52. The molecule has 114 valence electrons. The second-order valence-electron chi connectivity index (χ2n) is 4.82. The Kier molecular flexibility index (Phi) is 4.73. The summed E-state index contributed by atoms with van der Waals surface area (Å²) < 4.78 is 4.59. The molecule has 0 amide bonds. The third-order valence-corrected chi connectivity index (χ3v) is 3.22. The summed E-state index contributed by atoms with van der Waals surface area (Å²) in [6.45, 7) is 2.56. The molecule has 6 nitrogen and oxygen atoms in total. The van der Waals surface area contributed by atoms with Gasteiger partial charge in [0.2, 0.25) is 0 Å². The number of rotatable bonds is 5. The van der Waals surface area contributed by atoms with E-state index in [-0.39, 0.29) is 11.3 Å². The Morgan fingerprint density at radius 3 is 2.50 bits per heavy atom. The van der Waals surface area contributed by atoms with Gasteiger partial charge >= 0.3 is 5.97 Å². The van der Waals surface area contributed by atoms with Crippen LogP contribution in [0.4, 0.5) is 11.4 Å². The fraction of sp³-hybridized carbons (Fsp3) is 0.188. The maximum atomic E-state index is 11.6. The number of nitrogens with zero attached hydrogens (tertiary/aromatic N) is 1. The van der Waals surface area contributed by atoms with E-state index in [0.29, 0.717) is 12.2 Å². The van der Waals surface area contributed by atoms with Crippen molar-refractivity contribution in [2.75, 3.05) is 12.4 Å². The predicted molar refractivity (Wildman–Crippen MR) is 82.9 cm³/mol. The highest BCUT2D eigenvalue weighted by atomic mass is 16.6. The van der Waals surface area contributed by atoms with Gasteiger partial charge in [0.1, 0.15) is 5.56 Å². The van der Waals surface area contributed by atoms with Crippen molar-refractivity contribution in [3.05, 3.63) is 69.3 Å². The number of ether oxygens (including phenoxy) is 1. The largest absolute Gasteiger partial charge is 0.465 e. The lowest BCUT2D eigenvalue weighted by Crippen LogP contribution is -2.07. The summed E-state index contributed by atoms with van der Waals surface area (Å²) in [7, 11) is 1.19. The normalized spacial score (nSPS) is 10.1. The minimum Gasteiger partial charge on any atom is -0.465 e. The molecule has 22 heavy (non-hydrogen) atoms. The van der Waals surface area contributed by atoms with Gasteiger partial charge in [-0.3, -0.25) is 10.1 Å². The van der Waals surface area contributed by atoms with Gasteiger partial charge in [0.15, 0.2) is 0 Å². The molecule has 0 saturated carbocycles. The van der Waals surface area contributed by atoms with E-state index in [0.717, 1.165) is 5.56 Å². The van der Waals surface area contributed by atoms with Crippen molar-refractivity contribution in [1.82, 2.24) is 0 Å². The SMILES string of the molecule is COC(=O)c1cc(NCc2ccc(C)cc2)ccc1[N+](=O)[O-]. The monoisotopic (exact) mass is 300 g/mol. The Labute approximate surface area is 127 Å². The minimum atomic E-state index is -0.731. The van der Waals surface area contributed by atoms with Crippen LogP contribution in [-0.4, -0.2) is 18.0 Å². The van der Waals surface area contributed by atoms with E-state index in [2.05, 4.69) is 10.1 Å². The van der Waals surface area contributed by atoms with Gasteiger partial charge in [0.05, 0.1) is 12.0 Å². The van der Waals surface area contributed by atoms with Crippen LogP contribution in [0.15, 0.2) is 42.5 Å². The topological polar surface area (TPSA) is 81.5 Å². The van der Waals surface area contributed by atoms with Crippen molar-refractivity contribution >= 4 is 17.3 Å². The van der Waals surface area contributed by atoms with Crippen molar-refractivity contribution < 1.29 is 14.5 Å². The van der Waals surface area contributed by atoms with Crippen LogP contribution in [0.2, 0.25) is 0 Å². The van der Waals surface area contributed by atoms with Crippen LogP contribution in [0.1, 0.15) is 21.5 Å². The fourth-order valence-electron chi connectivity index (χ4n) is 1.99. The van der Waals surface area contributed by atoms with Gasteiger partial charge < -0.3 is 10.1 Å². The van der Waals surface area contributed by atoms with Gasteiger partial charge in [-0.1, -0.05) is 29.8 Å².